The number of amides is 1. The van der Waals surface area contributed by atoms with E-state index in [-0.39, 0.29) is 5.91 Å². The number of carbonyl (C=O) groups excluding carboxylic acids is 1. The lowest BCUT2D eigenvalue weighted by molar-refractivity contribution is 0.0742. The number of hydrogen-bond acceptors (Lipinski definition) is 2. The van der Waals surface area contributed by atoms with Crippen molar-refractivity contribution in [2.45, 2.75) is 20.8 Å². The van der Waals surface area contributed by atoms with Crippen LogP contribution in [0.25, 0.3) is 11.3 Å². The Morgan fingerprint density at radius 2 is 1.68 bits per heavy atom. The zero-order chi connectivity index (χ0) is 13.8. The molecular weight excluding hydrogens is 238 g/mol. The lowest BCUT2D eigenvalue weighted by Gasteiger charge is -2.16. The molecule has 0 aliphatic heterocycles. The van der Waals surface area contributed by atoms with Crippen LogP contribution in [0.5, 0.6) is 0 Å². The van der Waals surface area contributed by atoms with E-state index in [4.69, 9.17) is 4.42 Å². The Morgan fingerprint density at radius 1 is 1.05 bits per heavy atom. The summed E-state index contributed by atoms with van der Waals surface area (Å²) in [5.41, 5.74) is 2.19. The zero-order valence-electron chi connectivity index (χ0n) is 11.6. The van der Waals surface area contributed by atoms with E-state index in [0.29, 0.717) is 18.8 Å². The molecule has 0 aliphatic carbocycles. The summed E-state index contributed by atoms with van der Waals surface area (Å²) < 4.78 is 5.66. The Bertz CT molecular complexity index is 550. The van der Waals surface area contributed by atoms with Crippen LogP contribution in [0.1, 0.15) is 30.0 Å². The normalized spacial score (nSPS) is 10.5. The van der Waals surface area contributed by atoms with Crippen LogP contribution in [0.2, 0.25) is 0 Å². The van der Waals surface area contributed by atoms with Crippen LogP contribution >= 0.6 is 0 Å². The van der Waals surface area contributed by atoms with Crippen LogP contribution < -0.4 is 0 Å². The first-order valence-electron chi connectivity index (χ1n) is 6.61. The van der Waals surface area contributed by atoms with Gasteiger partial charge in [-0.25, -0.2) is 0 Å². The minimum Gasteiger partial charge on any atom is -0.451 e. The van der Waals surface area contributed by atoms with Gasteiger partial charge in [0.1, 0.15) is 5.76 Å². The lowest BCUT2D eigenvalue weighted by atomic mass is 10.1. The van der Waals surface area contributed by atoms with E-state index in [0.717, 1.165) is 11.3 Å². The lowest BCUT2D eigenvalue weighted by Crippen LogP contribution is -2.30. The number of furan rings is 1. The number of nitrogens with zero attached hydrogens (tertiary/aromatic N) is 1. The van der Waals surface area contributed by atoms with Crippen LogP contribution in [-0.4, -0.2) is 23.9 Å². The predicted molar refractivity (Wildman–Crippen MR) is 76.1 cm³/mol. The average molecular weight is 257 g/mol. The van der Waals surface area contributed by atoms with Crippen LogP contribution in [0.3, 0.4) is 0 Å². The largest absolute Gasteiger partial charge is 0.451 e. The van der Waals surface area contributed by atoms with Crippen molar-refractivity contribution in [1.82, 2.24) is 4.90 Å². The molecule has 3 nitrogen and oxygen atoms in total. The number of hydrogen-bond donors (Lipinski definition) is 0. The van der Waals surface area contributed by atoms with Crippen molar-refractivity contribution in [1.29, 1.82) is 0 Å². The summed E-state index contributed by atoms with van der Waals surface area (Å²) in [5.74, 6) is 1.08. The van der Waals surface area contributed by atoms with Crippen molar-refractivity contribution < 1.29 is 9.21 Å². The molecule has 0 saturated carbocycles. The number of benzene rings is 1. The van der Waals surface area contributed by atoms with Gasteiger partial charge in [0.05, 0.1) is 0 Å². The van der Waals surface area contributed by atoms with E-state index < -0.39 is 0 Å². The molecule has 2 aromatic rings. The molecule has 2 rings (SSSR count). The fourth-order valence-electron chi connectivity index (χ4n) is 1.99. The first-order chi connectivity index (χ1) is 9.15. The number of aryl methyl sites for hydroxylation is 1. The molecule has 1 aromatic carbocycles. The molecule has 100 valence electrons. The molecule has 0 bridgehead atoms. The summed E-state index contributed by atoms with van der Waals surface area (Å²) in [7, 11) is 0. The van der Waals surface area contributed by atoms with Gasteiger partial charge in [0.2, 0.25) is 0 Å². The van der Waals surface area contributed by atoms with Gasteiger partial charge in [0.25, 0.3) is 5.91 Å². The van der Waals surface area contributed by atoms with E-state index >= 15 is 0 Å². The molecule has 0 N–H and O–H groups in total. The molecule has 0 spiro atoms. The second-order valence-electron chi connectivity index (χ2n) is 4.51. The molecule has 0 unspecified atom stereocenters. The van der Waals surface area contributed by atoms with Gasteiger partial charge in [0.15, 0.2) is 5.76 Å². The maximum atomic E-state index is 12.1. The van der Waals surface area contributed by atoms with Gasteiger partial charge in [-0.3, -0.25) is 4.79 Å². The number of carbonyl (C=O) groups is 1. The van der Waals surface area contributed by atoms with Gasteiger partial charge in [0, 0.05) is 18.7 Å². The first-order valence-corrected chi connectivity index (χ1v) is 6.61. The van der Waals surface area contributed by atoms with E-state index in [2.05, 4.69) is 0 Å². The second-order valence-corrected chi connectivity index (χ2v) is 4.51. The van der Waals surface area contributed by atoms with Gasteiger partial charge >= 0.3 is 0 Å². The summed E-state index contributed by atoms with van der Waals surface area (Å²) in [6.45, 7) is 7.35. The summed E-state index contributed by atoms with van der Waals surface area (Å²) in [4.78, 5) is 13.9. The third-order valence-corrected chi connectivity index (χ3v) is 3.20. The highest BCUT2D eigenvalue weighted by Crippen LogP contribution is 2.23. The predicted octanol–water partition coefficient (Wildman–Crippen LogP) is 3.74. The standard InChI is InChI=1S/C16H19NO2/c1-4-17(5-2)16(18)15-11-10-14(19-15)13-8-6-12(3)7-9-13/h6-11H,4-5H2,1-3H3. The average Bonchev–Trinajstić information content (AvgIpc) is 2.90. The fourth-order valence-corrected chi connectivity index (χ4v) is 1.99. The summed E-state index contributed by atoms with van der Waals surface area (Å²) in [6.07, 6.45) is 0. The third-order valence-electron chi connectivity index (χ3n) is 3.20. The maximum absolute atomic E-state index is 12.1. The second kappa shape index (κ2) is 5.74. The Balaban J connectivity index is 2.23. The molecule has 19 heavy (non-hydrogen) atoms. The molecule has 0 radical (unpaired) electrons. The van der Waals surface area contributed by atoms with Crippen LogP contribution in [0, 0.1) is 6.92 Å². The van der Waals surface area contributed by atoms with Crippen molar-refractivity contribution in [3.8, 4) is 11.3 Å². The van der Waals surface area contributed by atoms with Gasteiger partial charge in [-0.05, 0) is 32.9 Å². The highest BCUT2D eigenvalue weighted by atomic mass is 16.4. The summed E-state index contributed by atoms with van der Waals surface area (Å²) in [5, 5.41) is 0. The topological polar surface area (TPSA) is 33.5 Å². The van der Waals surface area contributed by atoms with E-state index in [1.807, 2.05) is 51.1 Å². The summed E-state index contributed by atoms with van der Waals surface area (Å²) >= 11 is 0. The molecule has 1 amide bonds. The number of rotatable bonds is 4. The van der Waals surface area contributed by atoms with Gasteiger partial charge in [-0.1, -0.05) is 29.8 Å². The van der Waals surface area contributed by atoms with E-state index in [1.54, 1.807) is 11.0 Å². The van der Waals surface area contributed by atoms with Crippen LogP contribution in [0.4, 0.5) is 0 Å². The van der Waals surface area contributed by atoms with Gasteiger partial charge in [-0.15, -0.1) is 0 Å². The molecule has 1 aromatic heterocycles. The van der Waals surface area contributed by atoms with Crippen molar-refractivity contribution in [3.05, 3.63) is 47.7 Å². The molecular formula is C16H19NO2. The van der Waals surface area contributed by atoms with E-state index in [9.17, 15) is 4.79 Å². The minimum absolute atomic E-state index is 0.0524. The highest BCUT2D eigenvalue weighted by molar-refractivity contribution is 5.92. The molecule has 1 heterocycles. The quantitative estimate of drug-likeness (QED) is 0.836. The van der Waals surface area contributed by atoms with Crippen LogP contribution in [-0.2, 0) is 0 Å². The first kappa shape index (κ1) is 13.4. The van der Waals surface area contributed by atoms with Crippen LogP contribution in [0.15, 0.2) is 40.8 Å². The molecule has 3 heteroatoms. The SMILES string of the molecule is CCN(CC)C(=O)c1ccc(-c2ccc(C)cc2)o1. The monoisotopic (exact) mass is 257 g/mol. The van der Waals surface area contributed by atoms with E-state index in [1.165, 1.54) is 5.56 Å². The Morgan fingerprint density at radius 3 is 2.26 bits per heavy atom. The van der Waals surface area contributed by atoms with Crippen molar-refractivity contribution in [3.63, 3.8) is 0 Å². The van der Waals surface area contributed by atoms with Gasteiger partial charge in [-0.2, -0.15) is 0 Å². The Hall–Kier alpha value is -2.03. The molecule has 0 atom stereocenters. The highest BCUT2D eigenvalue weighted by Gasteiger charge is 2.16. The zero-order valence-corrected chi connectivity index (χ0v) is 11.6. The molecule has 0 saturated heterocycles. The van der Waals surface area contributed by atoms with Crippen molar-refractivity contribution in [2.24, 2.45) is 0 Å². The fraction of sp³-hybridized carbons (Fsp3) is 0.312. The van der Waals surface area contributed by atoms with Gasteiger partial charge < -0.3 is 9.32 Å². The Kier molecular flexibility index (Phi) is 4.05. The summed E-state index contributed by atoms with van der Waals surface area (Å²) in [6, 6.07) is 11.7. The van der Waals surface area contributed by atoms with Crippen molar-refractivity contribution in [2.75, 3.05) is 13.1 Å². The maximum Gasteiger partial charge on any atom is 0.289 e. The third kappa shape index (κ3) is 2.87. The minimum atomic E-state index is -0.0524. The molecule has 0 aliphatic rings. The molecule has 0 fully saturated rings. The Labute approximate surface area is 113 Å². The van der Waals surface area contributed by atoms with Crippen molar-refractivity contribution >= 4 is 5.91 Å². The smallest absolute Gasteiger partial charge is 0.289 e.